The third-order valence-corrected chi connectivity index (χ3v) is 2.42. The first-order chi connectivity index (χ1) is 9.17. The number of aromatic nitrogens is 2. The van der Waals surface area contributed by atoms with E-state index in [1.54, 1.807) is 12.1 Å². The van der Waals surface area contributed by atoms with Gasteiger partial charge in [0.15, 0.2) is 5.82 Å². The van der Waals surface area contributed by atoms with Crippen molar-refractivity contribution >= 4 is 5.82 Å². The van der Waals surface area contributed by atoms with E-state index in [0.29, 0.717) is 11.6 Å². The summed E-state index contributed by atoms with van der Waals surface area (Å²) in [5.74, 6) is 1.49. The maximum atomic E-state index is 13.0. The van der Waals surface area contributed by atoms with Crippen LogP contribution in [0.2, 0.25) is 0 Å². The molecular weight excluding hydrogens is 245 g/mol. The second-order valence-electron chi connectivity index (χ2n) is 4.09. The lowest BCUT2D eigenvalue weighted by atomic mass is 10.3. The molecule has 0 fully saturated rings. The highest BCUT2D eigenvalue weighted by molar-refractivity contribution is 5.35. The number of hydrogen-bond acceptors (Lipinski definition) is 4. The predicted octanol–water partition coefficient (Wildman–Crippen LogP) is 2.93. The quantitative estimate of drug-likeness (QED) is 0.899. The number of aryl methyl sites for hydroxylation is 1. The maximum Gasteiger partial charge on any atom is 0.168 e. The minimum Gasteiger partial charge on any atom is -0.486 e. The Labute approximate surface area is 111 Å². The van der Waals surface area contributed by atoms with E-state index in [4.69, 9.17) is 4.74 Å². The van der Waals surface area contributed by atoms with Crippen LogP contribution in [-0.2, 0) is 6.61 Å². The summed E-state index contributed by atoms with van der Waals surface area (Å²) in [5.41, 5.74) is 0.865. The largest absolute Gasteiger partial charge is 0.486 e. The molecule has 0 saturated carbocycles. The van der Waals surface area contributed by atoms with Crippen molar-refractivity contribution in [1.82, 2.24) is 9.97 Å². The normalized spacial score (nSPS) is 10.3. The summed E-state index contributed by atoms with van der Waals surface area (Å²) in [5, 5.41) is 3.13. The maximum absolute atomic E-state index is 13.0. The van der Waals surface area contributed by atoms with Crippen molar-refractivity contribution in [2.45, 2.75) is 20.5 Å². The first-order valence-corrected chi connectivity index (χ1v) is 6.14. The molecule has 0 aliphatic carbocycles. The lowest BCUT2D eigenvalue weighted by Gasteiger charge is -2.08. The second-order valence-corrected chi connectivity index (χ2v) is 4.09. The Morgan fingerprint density at radius 2 is 2.11 bits per heavy atom. The third-order valence-electron chi connectivity index (χ3n) is 2.42. The van der Waals surface area contributed by atoms with Crippen molar-refractivity contribution in [3.8, 4) is 5.75 Å². The van der Waals surface area contributed by atoms with Gasteiger partial charge in [0.05, 0.1) is 0 Å². The molecule has 1 aromatic carbocycles. The van der Waals surface area contributed by atoms with E-state index in [9.17, 15) is 4.39 Å². The van der Waals surface area contributed by atoms with Gasteiger partial charge in [-0.1, -0.05) is 6.07 Å². The van der Waals surface area contributed by atoms with E-state index in [1.807, 2.05) is 19.9 Å². The zero-order chi connectivity index (χ0) is 13.7. The molecule has 1 heterocycles. The Balaban J connectivity index is 2.06. The Morgan fingerprint density at radius 1 is 1.26 bits per heavy atom. The second kappa shape index (κ2) is 6.13. The van der Waals surface area contributed by atoms with Gasteiger partial charge in [-0.2, -0.15) is 0 Å². The molecule has 2 aromatic rings. The van der Waals surface area contributed by atoms with Crippen LogP contribution in [0.5, 0.6) is 5.75 Å². The molecule has 0 aliphatic heterocycles. The van der Waals surface area contributed by atoms with Gasteiger partial charge < -0.3 is 10.1 Å². The fourth-order valence-electron chi connectivity index (χ4n) is 1.67. The summed E-state index contributed by atoms with van der Waals surface area (Å²) >= 11 is 0. The molecule has 2 rings (SSSR count). The Hall–Kier alpha value is -2.17. The van der Waals surface area contributed by atoms with Gasteiger partial charge in [-0.3, -0.25) is 0 Å². The van der Waals surface area contributed by atoms with Crippen molar-refractivity contribution in [2.24, 2.45) is 0 Å². The van der Waals surface area contributed by atoms with E-state index in [2.05, 4.69) is 15.3 Å². The number of anilines is 1. The smallest absolute Gasteiger partial charge is 0.168 e. The predicted molar refractivity (Wildman–Crippen MR) is 71.7 cm³/mol. The van der Waals surface area contributed by atoms with Gasteiger partial charge >= 0.3 is 0 Å². The van der Waals surface area contributed by atoms with Crippen LogP contribution in [0.1, 0.15) is 18.4 Å². The number of hydrogen-bond donors (Lipinski definition) is 1. The summed E-state index contributed by atoms with van der Waals surface area (Å²) in [7, 11) is 0. The van der Waals surface area contributed by atoms with E-state index < -0.39 is 0 Å². The molecule has 0 amide bonds. The van der Waals surface area contributed by atoms with Crippen LogP contribution in [0.25, 0.3) is 0 Å². The van der Waals surface area contributed by atoms with Crippen molar-refractivity contribution in [3.05, 3.63) is 47.7 Å². The van der Waals surface area contributed by atoms with E-state index in [-0.39, 0.29) is 12.4 Å². The van der Waals surface area contributed by atoms with Gasteiger partial charge in [0.25, 0.3) is 0 Å². The number of halogens is 1. The van der Waals surface area contributed by atoms with Crippen LogP contribution in [0.15, 0.2) is 30.3 Å². The van der Waals surface area contributed by atoms with Gasteiger partial charge in [0.1, 0.15) is 24.0 Å². The van der Waals surface area contributed by atoms with E-state index in [1.165, 1.54) is 12.1 Å². The Morgan fingerprint density at radius 3 is 2.84 bits per heavy atom. The molecule has 0 saturated heterocycles. The van der Waals surface area contributed by atoms with E-state index >= 15 is 0 Å². The van der Waals surface area contributed by atoms with Crippen molar-refractivity contribution in [2.75, 3.05) is 11.9 Å². The van der Waals surface area contributed by atoms with Crippen LogP contribution < -0.4 is 10.1 Å². The highest BCUT2D eigenvalue weighted by Crippen LogP contribution is 2.14. The zero-order valence-electron chi connectivity index (χ0n) is 11.0. The highest BCUT2D eigenvalue weighted by atomic mass is 19.1. The van der Waals surface area contributed by atoms with Crippen molar-refractivity contribution < 1.29 is 9.13 Å². The molecule has 0 atom stereocenters. The summed E-state index contributed by atoms with van der Waals surface area (Å²) in [6.45, 7) is 4.90. The summed E-state index contributed by atoms with van der Waals surface area (Å²) in [6, 6.07) is 7.88. The minimum atomic E-state index is -0.323. The summed E-state index contributed by atoms with van der Waals surface area (Å²) in [6.07, 6.45) is 0. The molecule has 1 N–H and O–H groups in total. The highest BCUT2D eigenvalue weighted by Gasteiger charge is 2.03. The summed E-state index contributed by atoms with van der Waals surface area (Å²) in [4.78, 5) is 8.60. The lowest BCUT2D eigenvalue weighted by Crippen LogP contribution is -2.07. The monoisotopic (exact) mass is 261 g/mol. The van der Waals surface area contributed by atoms with Gasteiger partial charge in [-0.25, -0.2) is 14.4 Å². The van der Waals surface area contributed by atoms with Gasteiger partial charge in [0.2, 0.25) is 0 Å². The van der Waals surface area contributed by atoms with Crippen LogP contribution in [0.3, 0.4) is 0 Å². The number of nitrogens with one attached hydrogen (secondary N) is 1. The molecule has 1 aromatic heterocycles. The fourth-order valence-corrected chi connectivity index (χ4v) is 1.67. The summed E-state index contributed by atoms with van der Waals surface area (Å²) < 4.78 is 18.5. The molecule has 0 aliphatic rings. The average Bonchev–Trinajstić information content (AvgIpc) is 2.36. The Kier molecular flexibility index (Phi) is 4.28. The minimum absolute atomic E-state index is 0.212. The first kappa shape index (κ1) is 13.3. The molecule has 5 heteroatoms. The van der Waals surface area contributed by atoms with Crippen LogP contribution in [0, 0.1) is 12.7 Å². The standard InChI is InChI=1S/C14H16FN3O/c1-3-16-13-7-10(2)17-14(18-13)9-19-12-6-4-5-11(15)8-12/h4-8H,3,9H2,1-2H3,(H,16,17,18). The van der Waals surface area contributed by atoms with Crippen LogP contribution in [0.4, 0.5) is 10.2 Å². The number of nitrogens with zero attached hydrogens (tertiary/aromatic N) is 2. The van der Waals surface area contributed by atoms with Gasteiger partial charge in [-0.15, -0.1) is 0 Å². The molecule has 0 radical (unpaired) electrons. The fraction of sp³-hybridized carbons (Fsp3) is 0.286. The molecule has 0 spiro atoms. The van der Waals surface area contributed by atoms with E-state index in [0.717, 1.165) is 18.1 Å². The van der Waals surface area contributed by atoms with Gasteiger partial charge in [-0.05, 0) is 26.0 Å². The number of rotatable bonds is 5. The molecule has 19 heavy (non-hydrogen) atoms. The number of benzene rings is 1. The molecule has 0 unspecified atom stereocenters. The molecule has 100 valence electrons. The first-order valence-electron chi connectivity index (χ1n) is 6.14. The van der Waals surface area contributed by atoms with Crippen LogP contribution >= 0.6 is 0 Å². The van der Waals surface area contributed by atoms with Crippen molar-refractivity contribution in [3.63, 3.8) is 0 Å². The number of ether oxygens (including phenoxy) is 1. The molecule has 0 bridgehead atoms. The topological polar surface area (TPSA) is 47.0 Å². The molecular formula is C14H16FN3O. The Bertz CT molecular complexity index is 560. The average molecular weight is 261 g/mol. The zero-order valence-corrected chi connectivity index (χ0v) is 11.0. The van der Waals surface area contributed by atoms with Crippen LogP contribution in [-0.4, -0.2) is 16.5 Å². The SMILES string of the molecule is CCNc1cc(C)nc(COc2cccc(F)c2)n1. The van der Waals surface area contributed by atoms with Gasteiger partial charge in [0, 0.05) is 24.4 Å². The molecule has 4 nitrogen and oxygen atoms in total. The lowest BCUT2D eigenvalue weighted by molar-refractivity contribution is 0.294. The van der Waals surface area contributed by atoms with Crippen molar-refractivity contribution in [1.29, 1.82) is 0 Å². The third kappa shape index (κ3) is 3.91.